The van der Waals surface area contributed by atoms with E-state index in [4.69, 9.17) is 0 Å². The van der Waals surface area contributed by atoms with Crippen LogP contribution in [0.5, 0.6) is 0 Å². The van der Waals surface area contributed by atoms with Gasteiger partial charge >= 0.3 is 0 Å². The van der Waals surface area contributed by atoms with Crippen molar-refractivity contribution in [2.45, 2.75) is 38.3 Å². The zero-order chi connectivity index (χ0) is 15.4. The molecule has 1 aliphatic heterocycles. The average Bonchev–Trinajstić information content (AvgIpc) is 3.00. The number of amides is 1. The van der Waals surface area contributed by atoms with Crippen LogP contribution in [0.2, 0.25) is 0 Å². The van der Waals surface area contributed by atoms with Gasteiger partial charge in [0.2, 0.25) is 5.91 Å². The second kappa shape index (κ2) is 6.75. The fourth-order valence-corrected chi connectivity index (χ4v) is 2.96. The largest absolute Gasteiger partial charge is 0.355 e. The molecule has 0 radical (unpaired) electrons. The van der Waals surface area contributed by atoms with Crippen molar-refractivity contribution in [3.63, 3.8) is 0 Å². The molecular formula is C17H22N4O. The van der Waals surface area contributed by atoms with E-state index in [0.717, 1.165) is 37.1 Å². The van der Waals surface area contributed by atoms with Gasteiger partial charge in [-0.15, -0.1) is 0 Å². The van der Waals surface area contributed by atoms with Crippen molar-refractivity contribution in [1.82, 2.24) is 20.4 Å². The van der Waals surface area contributed by atoms with Crippen molar-refractivity contribution in [3.05, 3.63) is 48.3 Å². The second-order valence-corrected chi connectivity index (χ2v) is 5.74. The lowest BCUT2D eigenvalue weighted by atomic mass is 10.0. The molecule has 5 heteroatoms. The highest BCUT2D eigenvalue weighted by Crippen LogP contribution is 2.22. The van der Waals surface area contributed by atoms with Gasteiger partial charge in [-0.2, -0.15) is 5.10 Å². The summed E-state index contributed by atoms with van der Waals surface area (Å²) in [6.45, 7) is 2.88. The van der Waals surface area contributed by atoms with Crippen LogP contribution in [0.15, 0.2) is 42.7 Å². The van der Waals surface area contributed by atoms with Gasteiger partial charge < -0.3 is 5.32 Å². The number of aromatic nitrogens is 2. The van der Waals surface area contributed by atoms with Gasteiger partial charge in [0.1, 0.15) is 0 Å². The third-order valence-electron chi connectivity index (χ3n) is 4.14. The predicted molar refractivity (Wildman–Crippen MR) is 85.8 cm³/mol. The summed E-state index contributed by atoms with van der Waals surface area (Å²) in [7, 11) is 0. The maximum Gasteiger partial charge on any atom is 0.237 e. The van der Waals surface area contributed by atoms with Crippen LogP contribution in [-0.4, -0.2) is 28.3 Å². The van der Waals surface area contributed by atoms with Gasteiger partial charge in [0.15, 0.2) is 0 Å². The normalized spacial score (nSPS) is 20.2. The molecule has 1 aromatic heterocycles. The smallest absolute Gasteiger partial charge is 0.237 e. The fourth-order valence-electron chi connectivity index (χ4n) is 2.96. The molecule has 1 fully saturated rings. The Kier molecular flexibility index (Phi) is 4.53. The van der Waals surface area contributed by atoms with E-state index < -0.39 is 0 Å². The van der Waals surface area contributed by atoms with Crippen LogP contribution >= 0.6 is 0 Å². The van der Waals surface area contributed by atoms with E-state index in [1.54, 1.807) is 6.20 Å². The molecule has 2 heterocycles. The van der Waals surface area contributed by atoms with Gasteiger partial charge in [-0.1, -0.05) is 18.2 Å². The standard InChI is InChI=1S/C17H22N4O/c1-13(20-15-8-4-5-10-18-17(15)22)14-7-2-3-9-16(14)21-12-6-11-19-21/h2-3,6-7,9,11-13,15,20H,4-5,8,10H2,1H3,(H,18,22)/t13-,15-/m0/s1. The van der Waals surface area contributed by atoms with Crippen LogP contribution in [-0.2, 0) is 4.79 Å². The lowest BCUT2D eigenvalue weighted by molar-refractivity contribution is -0.123. The molecule has 0 unspecified atom stereocenters. The van der Waals surface area contributed by atoms with E-state index in [1.165, 1.54) is 0 Å². The van der Waals surface area contributed by atoms with Crippen molar-refractivity contribution in [1.29, 1.82) is 0 Å². The Bertz CT molecular complexity index is 623. The predicted octanol–water partition coefficient (Wildman–Crippen LogP) is 2.19. The summed E-state index contributed by atoms with van der Waals surface area (Å²) >= 11 is 0. The first kappa shape index (κ1) is 14.8. The number of hydrogen-bond acceptors (Lipinski definition) is 3. The SMILES string of the molecule is C[C@H](N[C@H]1CCCCNC1=O)c1ccccc1-n1cccn1. The van der Waals surface area contributed by atoms with Crippen LogP contribution < -0.4 is 10.6 Å². The Morgan fingerprint density at radius 2 is 2.18 bits per heavy atom. The molecule has 1 saturated heterocycles. The zero-order valence-electron chi connectivity index (χ0n) is 12.8. The highest BCUT2D eigenvalue weighted by atomic mass is 16.2. The van der Waals surface area contributed by atoms with E-state index in [-0.39, 0.29) is 18.0 Å². The van der Waals surface area contributed by atoms with Crippen LogP contribution in [0.25, 0.3) is 5.69 Å². The van der Waals surface area contributed by atoms with Crippen molar-refractivity contribution in [3.8, 4) is 5.69 Å². The molecule has 1 aliphatic rings. The van der Waals surface area contributed by atoms with Crippen molar-refractivity contribution in [2.75, 3.05) is 6.54 Å². The topological polar surface area (TPSA) is 58.9 Å². The number of rotatable bonds is 4. The summed E-state index contributed by atoms with van der Waals surface area (Å²) < 4.78 is 1.86. The van der Waals surface area contributed by atoms with Gasteiger partial charge in [0.25, 0.3) is 0 Å². The number of benzene rings is 1. The summed E-state index contributed by atoms with van der Waals surface area (Å²) in [6.07, 6.45) is 6.73. The van der Waals surface area contributed by atoms with Gasteiger partial charge in [-0.3, -0.25) is 10.1 Å². The van der Waals surface area contributed by atoms with E-state index in [0.29, 0.717) is 0 Å². The molecule has 3 rings (SSSR count). The Morgan fingerprint density at radius 1 is 1.32 bits per heavy atom. The molecule has 22 heavy (non-hydrogen) atoms. The Hall–Kier alpha value is -2.14. The first-order chi connectivity index (χ1) is 10.8. The minimum atomic E-state index is -0.122. The van der Waals surface area contributed by atoms with E-state index in [1.807, 2.05) is 35.1 Å². The van der Waals surface area contributed by atoms with Crippen LogP contribution in [0.4, 0.5) is 0 Å². The summed E-state index contributed by atoms with van der Waals surface area (Å²) in [6, 6.07) is 10.0. The number of carbonyl (C=O) groups excluding carboxylic acids is 1. The first-order valence-corrected chi connectivity index (χ1v) is 7.88. The second-order valence-electron chi connectivity index (χ2n) is 5.74. The summed E-state index contributed by atoms with van der Waals surface area (Å²) in [5.41, 5.74) is 2.18. The van der Waals surface area contributed by atoms with Gasteiger partial charge in [-0.05, 0) is 43.9 Å². The lowest BCUT2D eigenvalue weighted by Crippen LogP contribution is -2.43. The third-order valence-corrected chi connectivity index (χ3v) is 4.14. The van der Waals surface area contributed by atoms with Crippen LogP contribution in [0.3, 0.4) is 0 Å². The molecule has 2 aromatic rings. The summed E-state index contributed by atoms with van der Waals surface area (Å²) in [5.74, 6) is 0.112. The molecule has 0 saturated carbocycles. The van der Waals surface area contributed by atoms with E-state index in [2.05, 4.69) is 28.7 Å². The molecule has 0 spiro atoms. The number of para-hydroxylation sites is 1. The fraction of sp³-hybridized carbons (Fsp3) is 0.412. The minimum Gasteiger partial charge on any atom is -0.355 e. The maximum absolute atomic E-state index is 12.1. The Morgan fingerprint density at radius 3 is 3.00 bits per heavy atom. The third kappa shape index (κ3) is 3.20. The van der Waals surface area contributed by atoms with Gasteiger partial charge in [0, 0.05) is 25.0 Å². The van der Waals surface area contributed by atoms with E-state index >= 15 is 0 Å². The number of carbonyl (C=O) groups is 1. The molecule has 2 N–H and O–H groups in total. The Labute approximate surface area is 130 Å². The molecule has 116 valence electrons. The van der Waals surface area contributed by atoms with Crippen LogP contribution in [0, 0.1) is 0 Å². The first-order valence-electron chi connectivity index (χ1n) is 7.88. The molecule has 5 nitrogen and oxygen atoms in total. The molecule has 2 atom stereocenters. The molecule has 0 aliphatic carbocycles. The quantitative estimate of drug-likeness (QED) is 0.909. The van der Waals surface area contributed by atoms with Crippen molar-refractivity contribution in [2.24, 2.45) is 0 Å². The monoisotopic (exact) mass is 298 g/mol. The van der Waals surface area contributed by atoms with Crippen molar-refractivity contribution < 1.29 is 4.79 Å². The number of hydrogen-bond donors (Lipinski definition) is 2. The molecular weight excluding hydrogens is 276 g/mol. The number of nitrogens with one attached hydrogen (secondary N) is 2. The van der Waals surface area contributed by atoms with Gasteiger partial charge in [-0.25, -0.2) is 4.68 Å². The Balaban J connectivity index is 1.80. The van der Waals surface area contributed by atoms with Crippen LogP contribution in [0.1, 0.15) is 37.8 Å². The highest BCUT2D eigenvalue weighted by Gasteiger charge is 2.23. The van der Waals surface area contributed by atoms with E-state index in [9.17, 15) is 4.79 Å². The maximum atomic E-state index is 12.1. The molecule has 1 amide bonds. The van der Waals surface area contributed by atoms with Crippen molar-refractivity contribution >= 4 is 5.91 Å². The minimum absolute atomic E-state index is 0.0780. The summed E-state index contributed by atoms with van der Waals surface area (Å²) in [5, 5.41) is 10.8. The average molecular weight is 298 g/mol. The zero-order valence-corrected chi connectivity index (χ0v) is 12.8. The molecule has 0 bridgehead atoms. The lowest BCUT2D eigenvalue weighted by Gasteiger charge is -2.23. The summed E-state index contributed by atoms with van der Waals surface area (Å²) in [4.78, 5) is 12.1. The molecule has 1 aromatic carbocycles. The highest BCUT2D eigenvalue weighted by molar-refractivity contribution is 5.82. The van der Waals surface area contributed by atoms with Gasteiger partial charge in [0.05, 0.1) is 11.7 Å². The number of nitrogens with zero attached hydrogens (tertiary/aromatic N) is 2.